The summed E-state index contributed by atoms with van der Waals surface area (Å²) in [6.07, 6.45) is -0.979. The first-order chi connectivity index (χ1) is 6.68. The van der Waals surface area contributed by atoms with E-state index in [1.807, 2.05) is 30.3 Å². The largest absolute Gasteiger partial charge is 0.381 e. The summed E-state index contributed by atoms with van der Waals surface area (Å²) in [5.41, 5.74) is 5.70. The molecule has 0 saturated heterocycles. The lowest BCUT2D eigenvalue weighted by Gasteiger charge is -2.12. The first-order valence-electron chi connectivity index (χ1n) is 4.21. The summed E-state index contributed by atoms with van der Waals surface area (Å²) >= 11 is 0. The van der Waals surface area contributed by atoms with Gasteiger partial charge in [0.2, 0.25) is 0 Å². The predicted molar refractivity (Wildman–Crippen MR) is 53.7 cm³/mol. The zero-order valence-electron chi connectivity index (χ0n) is 7.60. The normalized spacial score (nSPS) is 11.8. The van der Waals surface area contributed by atoms with Gasteiger partial charge in [-0.1, -0.05) is 18.2 Å². The van der Waals surface area contributed by atoms with Gasteiger partial charge in [0.15, 0.2) is 0 Å². The standard InChI is InChI=1S/C9H13N3O2/c10-9(14)12-8(13)6-11-7-4-2-1-3-5-7/h1-5,8,11,13H,6H2,(H3,10,12,14). The third kappa shape index (κ3) is 3.77. The Morgan fingerprint density at radius 2 is 2.07 bits per heavy atom. The van der Waals surface area contributed by atoms with Crippen molar-refractivity contribution in [2.45, 2.75) is 6.23 Å². The molecule has 2 amide bonds. The Labute approximate surface area is 81.9 Å². The molecule has 1 aromatic carbocycles. The Morgan fingerprint density at radius 3 is 2.64 bits per heavy atom. The van der Waals surface area contributed by atoms with Crippen LogP contribution in [0.1, 0.15) is 0 Å². The number of primary amides is 1. The first-order valence-corrected chi connectivity index (χ1v) is 4.21. The Kier molecular flexibility index (Phi) is 3.75. The summed E-state index contributed by atoms with van der Waals surface area (Å²) in [5.74, 6) is 0. The van der Waals surface area contributed by atoms with E-state index in [0.29, 0.717) is 0 Å². The summed E-state index contributed by atoms with van der Waals surface area (Å²) in [6.45, 7) is 0.215. The van der Waals surface area contributed by atoms with E-state index in [4.69, 9.17) is 5.73 Å². The van der Waals surface area contributed by atoms with Crippen LogP contribution in [0.3, 0.4) is 0 Å². The number of para-hydroxylation sites is 1. The number of carbonyl (C=O) groups is 1. The number of nitrogens with one attached hydrogen (secondary N) is 2. The molecule has 0 fully saturated rings. The molecular formula is C9H13N3O2. The van der Waals surface area contributed by atoms with Gasteiger partial charge in [-0.25, -0.2) is 4.79 Å². The fourth-order valence-corrected chi connectivity index (χ4v) is 0.986. The molecule has 5 N–H and O–H groups in total. The van der Waals surface area contributed by atoms with E-state index in [1.54, 1.807) is 0 Å². The molecule has 0 saturated carbocycles. The van der Waals surface area contributed by atoms with Crippen molar-refractivity contribution >= 4 is 11.7 Å². The molecule has 0 aromatic heterocycles. The molecule has 1 aromatic rings. The predicted octanol–water partition coefficient (Wildman–Crippen LogP) is 0.0852. The van der Waals surface area contributed by atoms with Gasteiger partial charge >= 0.3 is 6.03 Å². The van der Waals surface area contributed by atoms with E-state index in [1.165, 1.54) is 0 Å². The molecular weight excluding hydrogens is 182 g/mol. The smallest absolute Gasteiger partial charge is 0.314 e. The number of benzene rings is 1. The lowest BCUT2D eigenvalue weighted by Crippen LogP contribution is -2.42. The number of aliphatic hydroxyl groups is 1. The number of hydrogen-bond donors (Lipinski definition) is 4. The molecule has 5 nitrogen and oxygen atoms in total. The number of rotatable bonds is 4. The molecule has 1 rings (SSSR count). The van der Waals surface area contributed by atoms with Gasteiger partial charge in [-0.3, -0.25) is 0 Å². The summed E-state index contributed by atoms with van der Waals surface area (Å²) in [7, 11) is 0. The Bertz CT molecular complexity index is 289. The maximum Gasteiger partial charge on any atom is 0.314 e. The molecule has 0 aliphatic carbocycles. The van der Waals surface area contributed by atoms with Crippen molar-refractivity contribution in [1.82, 2.24) is 5.32 Å². The van der Waals surface area contributed by atoms with Crippen molar-refractivity contribution in [2.24, 2.45) is 5.73 Å². The van der Waals surface area contributed by atoms with Gasteiger partial charge < -0.3 is 21.5 Å². The van der Waals surface area contributed by atoms with E-state index >= 15 is 0 Å². The molecule has 1 atom stereocenters. The average molecular weight is 195 g/mol. The number of carbonyl (C=O) groups excluding carboxylic acids is 1. The number of aliphatic hydroxyl groups excluding tert-OH is 1. The van der Waals surface area contributed by atoms with Crippen molar-refractivity contribution in [3.05, 3.63) is 30.3 Å². The van der Waals surface area contributed by atoms with Gasteiger partial charge in [0, 0.05) is 5.69 Å². The average Bonchev–Trinajstić information content (AvgIpc) is 2.15. The van der Waals surface area contributed by atoms with Crippen molar-refractivity contribution in [3.8, 4) is 0 Å². The summed E-state index contributed by atoms with van der Waals surface area (Å²) in [5, 5.41) is 14.3. The van der Waals surface area contributed by atoms with E-state index in [2.05, 4.69) is 10.6 Å². The van der Waals surface area contributed by atoms with E-state index in [9.17, 15) is 9.90 Å². The quantitative estimate of drug-likeness (QED) is 0.513. The minimum absolute atomic E-state index is 0.215. The Morgan fingerprint density at radius 1 is 1.43 bits per heavy atom. The van der Waals surface area contributed by atoms with Crippen LogP contribution in [0.4, 0.5) is 10.5 Å². The monoisotopic (exact) mass is 195 g/mol. The van der Waals surface area contributed by atoms with Crippen molar-refractivity contribution in [2.75, 3.05) is 11.9 Å². The SMILES string of the molecule is NC(=O)NC(O)CNc1ccccc1. The van der Waals surface area contributed by atoms with Gasteiger partial charge in [0.1, 0.15) is 6.23 Å². The van der Waals surface area contributed by atoms with Gasteiger partial charge in [-0.15, -0.1) is 0 Å². The molecule has 0 spiro atoms. The fourth-order valence-electron chi connectivity index (χ4n) is 0.986. The second kappa shape index (κ2) is 5.08. The minimum Gasteiger partial charge on any atom is -0.381 e. The van der Waals surface area contributed by atoms with Gasteiger partial charge in [0.05, 0.1) is 6.54 Å². The van der Waals surface area contributed by atoms with Gasteiger partial charge in [-0.05, 0) is 12.1 Å². The molecule has 1 unspecified atom stereocenters. The van der Waals surface area contributed by atoms with Crippen LogP contribution in [0, 0.1) is 0 Å². The van der Waals surface area contributed by atoms with Crippen LogP contribution in [0.5, 0.6) is 0 Å². The van der Waals surface area contributed by atoms with Crippen LogP contribution in [0.2, 0.25) is 0 Å². The third-order valence-electron chi connectivity index (χ3n) is 1.58. The molecule has 0 heterocycles. The summed E-state index contributed by atoms with van der Waals surface area (Å²) in [6, 6.07) is 8.61. The number of amides is 2. The Balaban J connectivity index is 2.30. The number of hydrogen-bond acceptors (Lipinski definition) is 3. The lowest BCUT2D eigenvalue weighted by atomic mass is 10.3. The molecule has 14 heavy (non-hydrogen) atoms. The first kappa shape index (κ1) is 10.3. The lowest BCUT2D eigenvalue weighted by molar-refractivity contribution is 0.154. The summed E-state index contributed by atoms with van der Waals surface area (Å²) in [4.78, 5) is 10.3. The fraction of sp³-hybridized carbons (Fsp3) is 0.222. The third-order valence-corrected chi connectivity index (χ3v) is 1.58. The topological polar surface area (TPSA) is 87.4 Å². The molecule has 0 aliphatic heterocycles. The summed E-state index contributed by atoms with van der Waals surface area (Å²) < 4.78 is 0. The second-order valence-electron chi connectivity index (χ2n) is 2.77. The maximum absolute atomic E-state index is 10.3. The zero-order valence-corrected chi connectivity index (χ0v) is 7.60. The van der Waals surface area contributed by atoms with Crippen molar-refractivity contribution < 1.29 is 9.90 Å². The number of nitrogens with two attached hydrogens (primary N) is 1. The van der Waals surface area contributed by atoms with Crippen LogP contribution in [-0.2, 0) is 0 Å². The molecule has 0 radical (unpaired) electrons. The highest BCUT2D eigenvalue weighted by molar-refractivity contribution is 5.71. The van der Waals surface area contributed by atoms with Crippen LogP contribution >= 0.6 is 0 Å². The van der Waals surface area contributed by atoms with Gasteiger partial charge in [0.25, 0.3) is 0 Å². The Hall–Kier alpha value is -1.75. The highest BCUT2D eigenvalue weighted by Crippen LogP contribution is 2.03. The van der Waals surface area contributed by atoms with Crippen molar-refractivity contribution in [3.63, 3.8) is 0 Å². The van der Waals surface area contributed by atoms with E-state index in [-0.39, 0.29) is 6.54 Å². The van der Waals surface area contributed by atoms with Crippen LogP contribution in [-0.4, -0.2) is 23.9 Å². The highest BCUT2D eigenvalue weighted by atomic mass is 16.3. The second-order valence-corrected chi connectivity index (χ2v) is 2.77. The van der Waals surface area contributed by atoms with Crippen LogP contribution in [0.25, 0.3) is 0 Å². The van der Waals surface area contributed by atoms with Gasteiger partial charge in [-0.2, -0.15) is 0 Å². The van der Waals surface area contributed by atoms with E-state index < -0.39 is 12.3 Å². The maximum atomic E-state index is 10.3. The molecule has 0 aliphatic rings. The number of urea groups is 1. The number of anilines is 1. The zero-order chi connectivity index (χ0) is 10.4. The molecule has 0 bridgehead atoms. The van der Waals surface area contributed by atoms with Crippen LogP contribution in [0.15, 0.2) is 30.3 Å². The highest BCUT2D eigenvalue weighted by Gasteiger charge is 2.03. The van der Waals surface area contributed by atoms with E-state index in [0.717, 1.165) is 5.69 Å². The van der Waals surface area contributed by atoms with Crippen molar-refractivity contribution in [1.29, 1.82) is 0 Å². The van der Waals surface area contributed by atoms with Crippen LogP contribution < -0.4 is 16.4 Å². The molecule has 76 valence electrons. The minimum atomic E-state index is -0.979. The molecule has 5 heteroatoms.